The summed E-state index contributed by atoms with van der Waals surface area (Å²) >= 11 is 0. The molecule has 0 amide bonds. The fourth-order valence-corrected chi connectivity index (χ4v) is 3.68. The van der Waals surface area contributed by atoms with Crippen LogP contribution in [0.4, 0.5) is 11.5 Å². The second-order valence-electron chi connectivity index (χ2n) is 6.69. The number of aromatic nitrogens is 4. The van der Waals surface area contributed by atoms with Crippen LogP contribution in [0.5, 0.6) is 0 Å². The molecule has 1 aliphatic heterocycles. The van der Waals surface area contributed by atoms with Crippen LogP contribution in [0.3, 0.4) is 0 Å². The minimum absolute atomic E-state index is 0.861. The standard InChI is InChI=1S/C21H20N6/c1-4-18-17(6-8-24-18)20(5-1)26-9-11-27(12-10-26)21-15-23-14-19(25-21)16-3-2-7-22-13-16/h1-8,13-15,24H,9-12H2. The largest absolute Gasteiger partial charge is 0.367 e. The summed E-state index contributed by atoms with van der Waals surface area (Å²) in [6.07, 6.45) is 9.24. The molecule has 5 rings (SSSR count). The molecule has 134 valence electrons. The van der Waals surface area contributed by atoms with E-state index in [4.69, 9.17) is 4.98 Å². The summed E-state index contributed by atoms with van der Waals surface area (Å²) in [6.45, 7) is 3.77. The van der Waals surface area contributed by atoms with Crippen LogP contribution in [0, 0.1) is 0 Å². The van der Waals surface area contributed by atoms with Crippen molar-refractivity contribution in [2.45, 2.75) is 0 Å². The molecule has 0 spiro atoms. The van der Waals surface area contributed by atoms with Crippen LogP contribution in [0.2, 0.25) is 0 Å². The van der Waals surface area contributed by atoms with E-state index >= 15 is 0 Å². The second-order valence-corrected chi connectivity index (χ2v) is 6.69. The number of nitrogens with one attached hydrogen (secondary N) is 1. The summed E-state index contributed by atoms with van der Waals surface area (Å²) in [7, 11) is 0. The summed E-state index contributed by atoms with van der Waals surface area (Å²) in [5.74, 6) is 0.927. The molecule has 1 aliphatic rings. The predicted molar refractivity (Wildman–Crippen MR) is 108 cm³/mol. The summed E-state index contributed by atoms with van der Waals surface area (Å²) in [4.78, 5) is 21.4. The molecular weight excluding hydrogens is 336 g/mol. The number of anilines is 2. The molecule has 0 unspecified atom stereocenters. The van der Waals surface area contributed by atoms with Gasteiger partial charge in [-0.05, 0) is 30.3 Å². The third kappa shape index (κ3) is 2.99. The van der Waals surface area contributed by atoms with Crippen molar-refractivity contribution >= 4 is 22.4 Å². The van der Waals surface area contributed by atoms with E-state index in [9.17, 15) is 0 Å². The molecule has 4 heterocycles. The highest BCUT2D eigenvalue weighted by Gasteiger charge is 2.20. The molecule has 4 aromatic rings. The van der Waals surface area contributed by atoms with Crippen molar-refractivity contribution in [3.63, 3.8) is 0 Å². The Morgan fingerprint density at radius 1 is 0.815 bits per heavy atom. The summed E-state index contributed by atoms with van der Waals surface area (Å²) < 4.78 is 0. The number of hydrogen-bond donors (Lipinski definition) is 1. The molecule has 1 N–H and O–H groups in total. The molecular formula is C21H20N6. The first-order valence-corrected chi connectivity index (χ1v) is 9.17. The lowest BCUT2D eigenvalue weighted by atomic mass is 10.1. The quantitative estimate of drug-likeness (QED) is 0.610. The lowest BCUT2D eigenvalue weighted by Gasteiger charge is -2.37. The van der Waals surface area contributed by atoms with Crippen molar-refractivity contribution in [3.05, 3.63) is 67.4 Å². The van der Waals surface area contributed by atoms with Gasteiger partial charge in [0.15, 0.2) is 0 Å². The van der Waals surface area contributed by atoms with Gasteiger partial charge in [-0.25, -0.2) is 4.98 Å². The maximum Gasteiger partial charge on any atom is 0.147 e. The smallest absolute Gasteiger partial charge is 0.147 e. The Morgan fingerprint density at radius 3 is 2.56 bits per heavy atom. The summed E-state index contributed by atoms with van der Waals surface area (Å²) in [5.41, 5.74) is 4.33. The van der Waals surface area contributed by atoms with E-state index < -0.39 is 0 Å². The number of rotatable bonds is 3. The molecule has 0 bridgehead atoms. The highest BCUT2D eigenvalue weighted by molar-refractivity contribution is 5.92. The number of nitrogens with zero attached hydrogens (tertiary/aromatic N) is 5. The topological polar surface area (TPSA) is 60.9 Å². The number of fused-ring (bicyclic) bond motifs is 1. The van der Waals surface area contributed by atoms with Gasteiger partial charge in [-0.1, -0.05) is 6.07 Å². The summed E-state index contributed by atoms with van der Waals surface area (Å²) in [5, 5.41) is 1.28. The third-order valence-electron chi connectivity index (χ3n) is 5.10. The Hall–Kier alpha value is -3.41. The van der Waals surface area contributed by atoms with E-state index in [1.165, 1.54) is 16.6 Å². The van der Waals surface area contributed by atoms with Crippen molar-refractivity contribution in [1.82, 2.24) is 19.9 Å². The minimum atomic E-state index is 0.861. The molecule has 1 aromatic carbocycles. The van der Waals surface area contributed by atoms with Crippen LogP contribution in [0.1, 0.15) is 0 Å². The molecule has 6 nitrogen and oxygen atoms in total. The van der Waals surface area contributed by atoms with Gasteiger partial charge >= 0.3 is 0 Å². The van der Waals surface area contributed by atoms with Crippen LogP contribution >= 0.6 is 0 Å². The molecule has 0 aliphatic carbocycles. The van der Waals surface area contributed by atoms with Gasteiger partial charge in [-0.15, -0.1) is 0 Å². The van der Waals surface area contributed by atoms with Gasteiger partial charge in [0.2, 0.25) is 0 Å². The van der Waals surface area contributed by atoms with Gasteiger partial charge in [0.05, 0.1) is 18.1 Å². The highest BCUT2D eigenvalue weighted by atomic mass is 15.3. The van der Waals surface area contributed by atoms with Gasteiger partial charge in [0.1, 0.15) is 5.82 Å². The highest BCUT2D eigenvalue weighted by Crippen LogP contribution is 2.28. The fraction of sp³-hybridized carbons (Fsp3) is 0.190. The van der Waals surface area contributed by atoms with E-state index in [1.807, 2.05) is 30.7 Å². The lowest BCUT2D eigenvalue weighted by Crippen LogP contribution is -2.47. The molecule has 0 radical (unpaired) electrons. The normalized spacial score (nSPS) is 14.7. The van der Waals surface area contributed by atoms with Gasteiger partial charge < -0.3 is 14.8 Å². The predicted octanol–water partition coefficient (Wildman–Crippen LogP) is 3.35. The van der Waals surface area contributed by atoms with E-state index in [1.54, 1.807) is 12.4 Å². The fourth-order valence-electron chi connectivity index (χ4n) is 3.68. The Bertz CT molecular complexity index is 1050. The van der Waals surface area contributed by atoms with Crippen molar-refractivity contribution in [2.24, 2.45) is 0 Å². The zero-order valence-electron chi connectivity index (χ0n) is 14.9. The Morgan fingerprint density at radius 2 is 1.70 bits per heavy atom. The zero-order chi connectivity index (χ0) is 18.1. The number of piperazine rings is 1. The van der Waals surface area contributed by atoms with Crippen LogP contribution in [0.15, 0.2) is 67.4 Å². The Balaban J connectivity index is 1.34. The van der Waals surface area contributed by atoms with Gasteiger partial charge in [0.25, 0.3) is 0 Å². The van der Waals surface area contributed by atoms with Crippen LogP contribution < -0.4 is 9.80 Å². The molecule has 6 heteroatoms. The maximum absolute atomic E-state index is 4.81. The maximum atomic E-state index is 4.81. The first-order valence-electron chi connectivity index (χ1n) is 9.17. The second kappa shape index (κ2) is 6.72. The van der Waals surface area contributed by atoms with Crippen molar-refractivity contribution in [3.8, 4) is 11.3 Å². The summed E-state index contributed by atoms with van der Waals surface area (Å²) in [6, 6.07) is 12.5. The Labute approximate surface area is 157 Å². The molecule has 1 saturated heterocycles. The molecule has 0 atom stereocenters. The van der Waals surface area contributed by atoms with Crippen molar-refractivity contribution in [1.29, 1.82) is 0 Å². The molecule has 27 heavy (non-hydrogen) atoms. The van der Waals surface area contributed by atoms with E-state index in [0.717, 1.165) is 43.3 Å². The molecule has 1 fully saturated rings. The van der Waals surface area contributed by atoms with Gasteiger partial charge in [-0.3, -0.25) is 9.97 Å². The van der Waals surface area contributed by atoms with E-state index in [0.29, 0.717) is 0 Å². The molecule has 3 aromatic heterocycles. The van der Waals surface area contributed by atoms with Crippen LogP contribution in [-0.2, 0) is 0 Å². The van der Waals surface area contributed by atoms with Crippen LogP contribution in [-0.4, -0.2) is 46.1 Å². The third-order valence-corrected chi connectivity index (χ3v) is 5.10. The first kappa shape index (κ1) is 15.8. The Kier molecular flexibility index (Phi) is 3.93. The van der Waals surface area contributed by atoms with E-state index in [-0.39, 0.29) is 0 Å². The lowest BCUT2D eigenvalue weighted by molar-refractivity contribution is 0.648. The van der Waals surface area contributed by atoms with E-state index in [2.05, 4.69) is 49.0 Å². The first-order chi connectivity index (χ1) is 13.4. The van der Waals surface area contributed by atoms with Crippen molar-refractivity contribution < 1.29 is 0 Å². The van der Waals surface area contributed by atoms with Crippen LogP contribution in [0.25, 0.3) is 22.2 Å². The van der Waals surface area contributed by atoms with Gasteiger partial charge in [0, 0.05) is 66.9 Å². The number of pyridine rings is 1. The molecule has 0 saturated carbocycles. The van der Waals surface area contributed by atoms with Gasteiger partial charge in [-0.2, -0.15) is 0 Å². The monoisotopic (exact) mass is 356 g/mol. The zero-order valence-corrected chi connectivity index (χ0v) is 14.9. The number of H-pyrrole nitrogens is 1. The minimum Gasteiger partial charge on any atom is -0.367 e. The average molecular weight is 356 g/mol. The SMILES string of the molecule is c1cncc(-c2cncc(N3CCN(c4cccc5[nH]ccc45)CC3)n2)c1. The number of aromatic amines is 1. The number of benzene rings is 1. The number of hydrogen-bond acceptors (Lipinski definition) is 5. The average Bonchev–Trinajstić information content (AvgIpc) is 3.24. The van der Waals surface area contributed by atoms with Crippen molar-refractivity contribution in [2.75, 3.05) is 36.0 Å².